The van der Waals surface area contributed by atoms with Crippen molar-refractivity contribution in [3.05, 3.63) is 54.6 Å². The van der Waals surface area contributed by atoms with Gasteiger partial charge in [0.15, 0.2) is 0 Å². The molecule has 0 aliphatic carbocycles. The van der Waals surface area contributed by atoms with Gasteiger partial charge in [0.2, 0.25) is 17.7 Å². The zero-order valence-electron chi connectivity index (χ0n) is 16.4. The number of aromatic nitrogens is 2. The van der Waals surface area contributed by atoms with Crippen molar-refractivity contribution in [3.63, 3.8) is 0 Å². The number of carbonyl (C=O) groups is 3. The van der Waals surface area contributed by atoms with Gasteiger partial charge in [-0.2, -0.15) is 0 Å². The van der Waals surface area contributed by atoms with E-state index >= 15 is 0 Å². The van der Waals surface area contributed by atoms with Crippen molar-refractivity contribution in [1.29, 1.82) is 0 Å². The predicted octanol–water partition coefficient (Wildman–Crippen LogP) is 1.26. The van der Waals surface area contributed by atoms with Gasteiger partial charge in [0, 0.05) is 25.5 Å². The lowest BCUT2D eigenvalue weighted by Gasteiger charge is -2.33. The van der Waals surface area contributed by atoms with Crippen LogP contribution in [0.4, 0.5) is 0 Å². The molecular weight excluding hydrogens is 370 g/mol. The molecule has 0 radical (unpaired) electrons. The third-order valence-electron chi connectivity index (χ3n) is 4.98. The number of hydrogen-bond acceptors (Lipinski definition) is 4. The highest BCUT2D eigenvalue weighted by Gasteiger charge is 2.27. The lowest BCUT2D eigenvalue weighted by Crippen LogP contribution is -2.45. The highest BCUT2D eigenvalue weighted by Crippen LogP contribution is 2.25. The molecule has 1 unspecified atom stereocenters. The van der Waals surface area contributed by atoms with Crippen LogP contribution in [0.3, 0.4) is 0 Å². The second-order valence-corrected chi connectivity index (χ2v) is 7.14. The zero-order chi connectivity index (χ0) is 20.5. The van der Waals surface area contributed by atoms with E-state index in [9.17, 15) is 14.4 Å². The number of rotatable bonds is 5. The maximum atomic E-state index is 13.0. The van der Waals surface area contributed by atoms with Crippen LogP contribution in [0.5, 0.6) is 0 Å². The van der Waals surface area contributed by atoms with Crippen molar-refractivity contribution >= 4 is 17.7 Å². The molecule has 1 aliphatic rings. The lowest BCUT2D eigenvalue weighted by atomic mass is 10.00. The summed E-state index contributed by atoms with van der Waals surface area (Å²) in [6, 6.07) is 9.23. The molecule has 1 atom stereocenters. The monoisotopic (exact) mass is 397 g/mol. The summed E-state index contributed by atoms with van der Waals surface area (Å²) in [7, 11) is 0. The quantitative estimate of drug-likeness (QED) is 0.794. The molecule has 1 aliphatic heterocycles. The van der Waals surface area contributed by atoms with Gasteiger partial charge < -0.3 is 20.1 Å². The average molecular weight is 397 g/mol. The predicted molar refractivity (Wildman–Crippen MR) is 108 cm³/mol. The Kier molecular flexibility index (Phi) is 7.38. The molecule has 0 saturated carbocycles. The van der Waals surface area contributed by atoms with Gasteiger partial charge in [-0.1, -0.05) is 30.3 Å². The number of nitrogens with zero attached hydrogens (tertiary/aromatic N) is 3. The van der Waals surface area contributed by atoms with E-state index in [1.807, 2.05) is 30.3 Å². The van der Waals surface area contributed by atoms with E-state index in [1.165, 1.54) is 0 Å². The topological polar surface area (TPSA) is 96.3 Å². The first-order valence-electron chi connectivity index (χ1n) is 9.97. The number of carbonyl (C=O) groups excluding carboxylic acids is 3. The van der Waals surface area contributed by atoms with Crippen molar-refractivity contribution in [1.82, 2.24) is 25.1 Å². The first kappa shape index (κ1) is 20.6. The molecule has 2 heterocycles. The van der Waals surface area contributed by atoms with Gasteiger partial charge >= 0.3 is 0 Å². The van der Waals surface area contributed by atoms with Crippen LogP contribution >= 0.6 is 0 Å². The van der Waals surface area contributed by atoms with Crippen molar-refractivity contribution in [2.75, 3.05) is 19.6 Å². The van der Waals surface area contributed by atoms with Crippen LogP contribution in [-0.2, 0) is 20.9 Å². The van der Waals surface area contributed by atoms with Crippen LogP contribution in [-0.4, -0.2) is 51.8 Å². The van der Waals surface area contributed by atoms with Crippen molar-refractivity contribution in [3.8, 4) is 0 Å². The van der Waals surface area contributed by atoms with Crippen LogP contribution in [0.2, 0.25) is 0 Å². The molecule has 154 valence electrons. The number of amides is 3. The summed E-state index contributed by atoms with van der Waals surface area (Å²) in [5.41, 5.74) is 0.918. The van der Waals surface area contributed by atoms with Crippen molar-refractivity contribution < 1.29 is 14.4 Å². The van der Waals surface area contributed by atoms with E-state index in [2.05, 4.69) is 15.6 Å². The normalized spacial score (nSPS) is 18.0. The Morgan fingerprint density at radius 2 is 2.00 bits per heavy atom. The minimum Gasteiger partial charge on any atom is -0.356 e. The number of nitrogens with one attached hydrogen (secondary N) is 2. The van der Waals surface area contributed by atoms with Gasteiger partial charge in [-0.15, -0.1) is 0 Å². The van der Waals surface area contributed by atoms with E-state index in [4.69, 9.17) is 0 Å². The second-order valence-electron chi connectivity index (χ2n) is 7.14. The molecule has 3 rings (SSSR count). The highest BCUT2D eigenvalue weighted by atomic mass is 16.2. The molecule has 1 aromatic heterocycles. The molecule has 1 fully saturated rings. The van der Waals surface area contributed by atoms with E-state index in [1.54, 1.807) is 28.2 Å². The Hall–Kier alpha value is -3.16. The molecule has 3 amide bonds. The smallest absolute Gasteiger partial charge is 0.242 e. The minimum absolute atomic E-state index is 0.0669. The fraction of sp³-hybridized carbons (Fsp3) is 0.429. The molecule has 2 N–H and O–H groups in total. The highest BCUT2D eigenvalue weighted by molar-refractivity contribution is 5.85. The van der Waals surface area contributed by atoms with E-state index in [0.29, 0.717) is 13.1 Å². The molecule has 8 nitrogen and oxygen atoms in total. The maximum Gasteiger partial charge on any atom is 0.242 e. The molecule has 2 aromatic rings. The Morgan fingerprint density at radius 3 is 2.76 bits per heavy atom. The van der Waals surface area contributed by atoms with Gasteiger partial charge in [0.25, 0.3) is 0 Å². The number of hydrogen-bond donors (Lipinski definition) is 2. The Bertz CT molecular complexity index is 807. The van der Waals surface area contributed by atoms with Gasteiger partial charge in [0.1, 0.15) is 6.54 Å². The van der Waals surface area contributed by atoms with Crippen LogP contribution in [0.15, 0.2) is 49.1 Å². The Labute approximate surface area is 170 Å². The van der Waals surface area contributed by atoms with Gasteiger partial charge in [-0.05, 0) is 24.8 Å². The van der Waals surface area contributed by atoms with Crippen LogP contribution < -0.4 is 10.6 Å². The fourth-order valence-electron chi connectivity index (χ4n) is 3.47. The van der Waals surface area contributed by atoms with Gasteiger partial charge in [0.05, 0.1) is 25.3 Å². The molecule has 1 aromatic carbocycles. The van der Waals surface area contributed by atoms with E-state index in [-0.39, 0.29) is 43.3 Å². The van der Waals surface area contributed by atoms with E-state index < -0.39 is 0 Å². The zero-order valence-corrected chi connectivity index (χ0v) is 16.4. The maximum absolute atomic E-state index is 13.0. The van der Waals surface area contributed by atoms with Crippen LogP contribution in [0.1, 0.15) is 37.3 Å². The summed E-state index contributed by atoms with van der Waals surface area (Å²) < 4.78 is 1.64. The second kappa shape index (κ2) is 10.4. The molecule has 0 spiro atoms. The largest absolute Gasteiger partial charge is 0.356 e. The first-order chi connectivity index (χ1) is 14.1. The number of imidazole rings is 1. The molecule has 29 heavy (non-hydrogen) atoms. The van der Waals surface area contributed by atoms with Gasteiger partial charge in [-0.25, -0.2) is 4.98 Å². The number of benzene rings is 1. The molecule has 0 bridgehead atoms. The lowest BCUT2D eigenvalue weighted by molar-refractivity contribution is -0.136. The van der Waals surface area contributed by atoms with Crippen LogP contribution in [0.25, 0.3) is 0 Å². The first-order valence-corrected chi connectivity index (χ1v) is 9.97. The van der Waals surface area contributed by atoms with Crippen LogP contribution in [0, 0.1) is 0 Å². The molecule has 8 heteroatoms. The van der Waals surface area contributed by atoms with E-state index in [0.717, 1.165) is 24.8 Å². The Morgan fingerprint density at radius 1 is 1.17 bits per heavy atom. The molecular formula is C21H27N5O3. The summed E-state index contributed by atoms with van der Waals surface area (Å²) in [4.78, 5) is 43.2. The third-order valence-corrected chi connectivity index (χ3v) is 4.98. The summed E-state index contributed by atoms with van der Waals surface area (Å²) in [5.74, 6) is -0.514. The minimum atomic E-state index is -0.354. The van der Waals surface area contributed by atoms with Crippen molar-refractivity contribution in [2.45, 2.75) is 38.3 Å². The summed E-state index contributed by atoms with van der Waals surface area (Å²) >= 11 is 0. The van der Waals surface area contributed by atoms with Crippen molar-refractivity contribution in [2.24, 2.45) is 0 Å². The standard InChI is InChI=1S/C21H27N5O3/c27-19-13-18(17-7-3-1-4-8-17)26(11-6-2-5-9-23-19)21(29)14-24-20(28)15-25-12-10-22-16-25/h1,3-4,7-8,10,12,16,18H,2,5-6,9,11,13-15H2,(H,23,27)(H,24,28). The summed E-state index contributed by atoms with van der Waals surface area (Å²) in [6.07, 6.45) is 7.73. The summed E-state index contributed by atoms with van der Waals surface area (Å²) in [6.45, 7) is 1.23. The SMILES string of the molecule is O=C1CC(c2ccccc2)N(C(=O)CNC(=O)Cn2ccnc2)CCCCCN1. The third kappa shape index (κ3) is 6.17. The van der Waals surface area contributed by atoms with Gasteiger partial charge in [-0.3, -0.25) is 14.4 Å². The summed E-state index contributed by atoms with van der Waals surface area (Å²) in [5, 5.41) is 5.62. The Balaban J connectivity index is 1.70. The average Bonchev–Trinajstić information content (AvgIpc) is 3.24. The molecule has 1 saturated heterocycles. The fourth-order valence-corrected chi connectivity index (χ4v) is 3.47.